The molecule has 0 fully saturated rings. The van der Waals surface area contributed by atoms with Gasteiger partial charge in [-0.15, -0.1) is 5.10 Å². The summed E-state index contributed by atoms with van der Waals surface area (Å²) in [6.07, 6.45) is 5.32. The molecule has 0 radical (unpaired) electrons. The summed E-state index contributed by atoms with van der Waals surface area (Å²) in [6, 6.07) is 12.4. The lowest BCUT2D eigenvalue weighted by atomic mass is 10.2. The molecule has 0 N–H and O–H groups in total. The Morgan fingerprint density at radius 2 is 1.72 bits per heavy atom. The molecule has 0 saturated heterocycles. The third-order valence-electron chi connectivity index (χ3n) is 4.47. The van der Waals surface area contributed by atoms with Crippen molar-refractivity contribution in [3.8, 4) is 17.2 Å². The number of ether oxygens (including phenoxy) is 3. The highest BCUT2D eigenvalue weighted by atomic mass is 32.1. The Hall–Kier alpha value is -3.98. The Morgan fingerprint density at radius 3 is 2.38 bits per heavy atom. The molecule has 0 bridgehead atoms. The van der Waals surface area contributed by atoms with Crippen LogP contribution in [0.2, 0.25) is 0 Å². The number of methoxy groups -OCH3 is 2. The van der Waals surface area contributed by atoms with Crippen LogP contribution in [0.4, 0.5) is 0 Å². The van der Waals surface area contributed by atoms with E-state index in [1.165, 1.54) is 22.8 Å². The van der Waals surface area contributed by atoms with Gasteiger partial charge >= 0.3 is 5.97 Å². The van der Waals surface area contributed by atoms with Crippen molar-refractivity contribution in [1.29, 1.82) is 0 Å². The second-order valence-electron chi connectivity index (χ2n) is 6.69. The number of benzene rings is 2. The van der Waals surface area contributed by atoms with Crippen molar-refractivity contribution in [1.82, 2.24) is 14.6 Å². The molecule has 9 heteroatoms. The van der Waals surface area contributed by atoms with E-state index in [9.17, 15) is 9.59 Å². The first kappa shape index (κ1) is 21.3. The van der Waals surface area contributed by atoms with E-state index in [1.807, 2.05) is 24.3 Å². The van der Waals surface area contributed by atoms with Crippen LogP contribution in [0.1, 0.15) is 23.9 Å². The number of esters is 1. The molecular formula is C23H19N3O5S. The fourth-order valence-corrected chi connectivity index (χ4v) is 3.91. The van der Waals surface area contributed by atoms with Crippen molar-refractivity contribution in [2.45, 2.75) is 6.92 Å². The maximum absolute atomic E-state index is 12.7. The number of nitrogens with zero attached hydrogens (tertiary/aromatic N) is 3. The highest BCUT2D eigenvalue weighted by molar-refractivity contribution is 7.15. The van der Waals surface area contributed by atoms with Gasteiger partial charge in [-0.25, -0.2) is 0 Å². The molecule has 8 nitrogen and oxygen atoms in total. The van der Waals surface area contributed by atoms with Crippen LogP contribution in [0.3, 0.4) is 0 Å². The second-order valence-corrected chi connectivity index (χ2v) is 7.70. The number of hydrogen-bond donors (Lipinski definition) is 0. The summed E-state index contributed by atoms with van der Waals surface area (Å²) < 4.78 is 17.4. The molecule has 2 aromatic heterocycles. The van der Waals surface area contributed by atoms with Gasteiger partial charge in [0.1, 0.15) is 5.75 Å². The molecule has 0 aliphatic heterocycles. The fraction of sp³-hybridized carbons (Fsp3) is 0.130. The van der Waals surface area contributed by atoms with Gasteiger partial charge in [0.15, 0.2) is 17.3 Å². The van der Waals surface area contributed by atoms with Gasteiger partial charge in [0.2, 0.25) is 4.96 Å². The molecule has 4 rings (SSSR count). The molecule has 2 heterocycles. The summed E-state index contributed by atoms with van der Waals surface area (Å²) in [5, 5.41) is 4.30. The average molecular weight is 449 g/mol. The average Bonchev–Trinajstić information content (AvgIpc) is 3.31. The number of carbonyl (C=O) groups is 1. The van der Waals surface area contributed by atoms with E-state index in [-0.39, 0.29) is 11.5 Å². The number of fused-ring (bicyclic) bond motifs is 1. The number of thiazole rings is 1. The first-order chi connectivity index (χ1) is 15.5. The van der Waals surface area contributed by atoms with Crippen LogP contribution in [-0.2, 0) is 4.79 Å². The normalized spacial score (nSPS) is 11.9. The molecule has 2 aromatic carbocycles. The van der Waals surface area contributed by atoms with Gasteiger partial charge < -0.3 is 14.2 Å². The minimum Gasteiger partial charge on any atom is -0.493 e. The van der Waals surface area contributed by atoms with Crippen LogP contribution in [0, 0.1) is 0 Å². The van der Waals surface area contributed by atoms with E-state index in [0.717, 1.165) is 11.1 Å². The van der Waals surface area contributed by atoms with E-state index in [4.69, 9.17) is 14.2 Å². The first-order valence-corrected chi connectivity index (χ1v) is 10.4. The Balaban J connectivity index is 1.58. The van der Waals surface area contributed by atoms with Gasteiger partial charge in [0.25, 0.3) is 5.56 Å². The van der Waals surface area contributed by atoms with Gasteiger partial charge in [0.05, 0.1) is 18.8 Å². The molecule has 162 valence electrons. The quantitative estimate of drug-likeness (QED) is 0.330. The van der Waals surface area contributed by atoms with Crippen molar-refractivity contribution in [2.24, 2.45) is 0 Å². The van der Waals surface area contributed by atoms with Crippen molar-refractivity contribution >= 4 is 40.5 Å². The largest absolute Gasteiger partial charge is 0.493 e. The van der Waals surface area contributed by atoms with Crippen molar-refractivity contribution in [2.75, 3.05) is 14.2 Å². The van der Waals surface area contributed by atoms with Crippen LogP contribution in [0.25, 0.3) is 23.2 Å². The summed E-state index contributed by atoms with van der Waals surface area (Å²) >= 11 is 1.25. The predicted octanol–water partition coefficient (Wildman–Crippen LogP) is 2.81. The van der Waals surface area contributed by atoms with Gasteiger partial charge in [-0.2, -0.15) is 9.50 Å². The third kappa shape index (κ3) is 4.52. The SMILES string of the molecule is COc1ccc(/C=C/c2nc3s/c(=C\c4ccc(OC(C)=O)cc4)c(=O)n3n2)cc1OC. The number of carbonyl (C=O) groups excluding carboxylic acids is 1. The van der Waals surface area contributed by atoms with Gasteiger partial charge in [-0.1, -0.05) is 35.6 Å². The van der Waals surface area contributed by atoms with Crippen LogP contribution < -0.4 is 24.3 Å². The summed E-state index contributed by atoms with van der Waals surface area (Å²) in [7, 11) is 3.16. The highest BCUT2D eigenvalue weighted by Crippen LogP contribution is 2.28. The fourth-order valence-electron chi connectivity index (χ4n) is 3.00. The van der Waals surface area contributed by atoms with Crippen LogP contribution in [0.5, 0.6) is 17.2 Å². The molecule has 0 aliphatic rings. The maximum Gasteiger partial charge on any atom is 0.308 e. The Bertz CT molecular complexity index is 1420. The standard InChI is InChI=1S/C23H19N3O5S/c1-14(27)31-17-8-4-16(5-9-17)13-20-22(28)26-23(32-20)24-21(25-26)11-7-15-6-10-18(29-2)19(12-15)30-3/h4-13H,1-3H3/b11-7+,20-13-. The number of hydrogen-bond acceptors (Lipinski definition) is 8. The Morgan fingerprint density at radius 1 is 1.00 bits per heavy atom. The number of aromatic nitrogens is 3. The zero-order chi connectivity index (χ0) is 22.7. The molecule has 0 spiro atoms. The minimum atomic E-state index is -0.384. The topological polar surface area (TPSA) is 92.0 Å². The van der Waals surface area contributed by atoms with Crippen LogP contribution in [-0.4, -0.2) is 34.8 Å². The molecule has 0 unspecified atom stereocenters. The third-order valence-corrected chi connectivity index (χ3v) is 5.43. The van der Waals surface area contributed by atoms with E-state index >= 15 is 0 Å². The van der Waals surface area contributed by atoms with Gasteiger partial charge in [-0.3, -0.25) is 9.59 Å². The molecule has 0 saturated carbocycles. The molecule has 0 amide bonds. The molecular weight excluding hydrogens is 430 g/mol. The molecule has 0 atom stereocenters. The van der Waals surface area contributed by atoms with Crippen molar-refractivity contribution in [3.63, 3.8) is 0 Å². The van der Waals surface area contributed by atoms with Crippen LogP contribution >= 0.6 is 11.3 Å². The van der Waals surface area contributed by atoms with Crippen molar-refractivity contribution in [3.05, 3.63) is 74.3 Å². The minimum absolute atomic E-state index is 0.243. The Labute approximate surface area is 187 Å². The zero-order valence-electron chi connectivity index (χ0n) is 17.6. The molecule has 4 aromatic rings. The Kier molecular flexibility index (Phi) is 6.00. The van der Waals surface area contributed by atoms with Gasteiger partial charge in [0, 0.05) is 6.92 Å². The summed E-state index contributed by atoms with van der Waals surface area (Å²) in [5.74, 6) is 1.76. The maximum atomic E-state index is 12.7. The number of rotatable bonds is 6. The lowest BCUT2D eigenvalue weighted by Crippen LogP contribution is -2.23. The summed E-state index contributed by atoms with van der Waals surface area (Å²) in [5.41, 5.74) is 1.44. The summed E-state index contributed by atoms with van der Waals surface area (Å²) in [6.45, 7) is 1.34. The monoisotopic (exact) mass is 449 g/mol. The van der Waals surface area contributed by atoms with E-state index in [0.29, 0.717) is 32.6 Å². The smallest absolute Gasteiger partial charge is 0.308 e. The van der Waals surface area contributed by atoms with E-state index in [1.54, 1.807) is 50.6 Å². The van der Waals surface area contributed by atoms with E-state index < -0.39 is 0 Å². The lowest BCUT2D eigenvalue weighted by Gasteiger charge is -2.07. The predicted molar refractivity (Wildman–Crippen MR) is 122 cm³/mol. The molecule has 32 heavy (non-hydrogen) atoms. The van der Waals surface area contributed by atoms with Gasteiger partial charge in [-0.05, 0) is 47.5 Å². The lowest BCUT2D eigenvalue weighted by molar-refractivity contribution is -0.131. The summed E-state index contributed by atoms with van der Waals surface area (Å²) in [4.78, 5) is 28.6. The van der Waals surface area contributed by atoms with E-state index in [2.05, 4.69) is 10.1 Å². The van der Waals surface area contributed by atoms with Crippen molar-refractivity contribution < 1.29 is 19.0 Å². The second kappa shape index (κ2) is 9.03. The molecule has 0 aliphatic carbocycles. The first-order valence-electron chi connectivity index (χ1n) is 9.56. The zero-order valence-corrected chi connectivity index (χ0v) is 18.4. The highest BCUT2D eigenvalue weighted by Gasteiger charge is 2.09. The van der Waals surface area contributed by atoms with Crippen LogP contribution in [0.15, 0.2) is 47.3 Å².